The van der Waals surface area contributed by atoms with E-state index < -0.39 is 17.4 Å². The van der Waals surface area contributed by atoms with Crippen molar-refractivity contribution in [3.8, 4) is 0 Å². The number of aliphatic carboxylic acids is 1. The Kier molecular flexibility index (Phi) is 10.00. The third-order valence-electron chi connectivity index (χ3n) is 8.82. The van der Waals surface area contributed by atoms with E-state index in [2.05, 4.69) is 39.9 Å². The molecule has 0 radical (unpaired) electrons. The van der Waals surface area contributed by atoms with Gasteiger partial charge in [0.15, 0.2) is 0 Å². The van der Waals surface area contributed by atoms with Crippen molar-refractivity contribution in [2.45, 2.75) is 91.3 Å². The number of carboxylic acids is 1. The summed E-state index contributed by atoms with van der Waals surface area (Å²) in [5, 5.41) is 11.5. The van der Waals surface area contributed by atoms with E-state index in [1.54, 1.807) is 18.2 Å². The molecule has 1 fully saturated rings. The molecule has 2 amide bonds. The molecule has 0 unspecified atom stereocenters. The zero-order chi connectivity index (χ0) is 31.5. The lowest BCUT2D eigenvalue weighted by molar-refractivity contribution is -0.137. The van der Waals surface area contributed by atoms with E-state index in [4.69, 9.17) is 21.7 Å². The van der Waals surface area contributed by atoms with Gasteiger partial charge in [0, 0.05) is 17.7 Å². The molecule has 9 heteroatoms. The first kappa shape index (κ1) is 32.6. The van der Waals surface area contributed by atoms with Crippen LogP contribution in [0.3, 0.4) is 0 Å². The van der Waals surface area contributed by atoms with E-state index in [-0.39, 0.29) is 41.3 Å². The summed E-state index contributed by atoms with van der Waals surface area (Å²) in [6.45, 7) is 11.0. The largest absolute Gasteiger partial charge is 0.481 e. The smallest absolute Gasteiger partial charge is 0.305 e. The molecular formula is C34H43ClFN3O4. The van der Waals surface area contributed by atoms with Gasteiger partial charge in [-0.25, -0.2) is 4.39 Å². The van der Waals surface area contributed by atoms with Crippen LogP contribution in [0.4, 0.5) is 4.39 Å². The van der Waals surface area contributed by atoms with Gasteiger partial charge < -0.3 is 15.3 Å². The molecule has 2 aromatic carbocycles. The first-order valence-corrected chi connectivity index (χ1v) is 15.6. The maximum absolute atomic E-state index is 14.4. The van der Waals surface area contributed by atoms with Crippen LogP contribution in [0, 0.1) is 23.1 Å². The molecule has 43 heavy (non-hydrogen) atoms. The molecule has 1 spiro atoms. The number of hydrogen-bond donors (Lipinski definition) is 2. The average Bonchev–Trinajstić information content (AvgIpc) is 3.21. The van der Waals surface area contributed by atoms with Crippen LogP contribution in [-0.2, 0) is 9.59 Å². The molecule has 232 valence electrons. The molecule has 7 nitrogen and oxygen atoms in total. The van der Waals surface area contributed by atoms with E-state index in [0.29, 0.717) is 35.1 Å². The van der Waals surface area contributed by atoms with Crippen molar-refractivity contribution in [3.05, 3.63) is 70.0 Å². The summed E-state index contributed by atoms with van der Waals surface area (Å²) >= 11 is 6.14. The fraction of sp³-hybridized carbons (Fsp3) is 0.529. The second-order valence-corrected chi connectivity index (χ2v) is 13.9. The second kappa shape index (κ2) is 13.2. The molecule has 1 aliphatic carbocycles. The first-order valence-electron chi connectivity index (χ1n) is 15.2. The van der Waals surface area contributed by atoms with E-state index in [1.165, 1.54) is 12.1 Å². The van der Waals surface area contributed by atoms with Gasteiger partial charge in [-0.05, 0) is 91.7 Å². The van der Waals surface area contributed by atoms with Crippen molar-refractivity contribution in [3.63, 3.8) is 0 Å². The Bertz CT molecular complexity index is 1370. The molecule has 1 heterocycles. The highest BCUT2D eigenvalue weighted by molar-refractivity contribution is 6.47. The van der Waals surface area contributed by atoms with Gasteiger partial charge in [0.2, 0.25) is 0 Å². The summed E-state index contributed by atoms with van der Waals surface area (Å²) in [6.07, 6.45) is 4.75. The number of aliphatic imine (C=N–C) groups is 1. The van der Waals surface area contributed by atoms with Gasteiger partial charge >= 0.3 is 5.97 Å². The highest BCUT2D eigenvalue weighted by atomic mass is 35.5. The van der Waals surface area contributed by atoms with Crippen molar-refractivity contribution in [1.82, 2.24) is 10.2 Å². The predicted octanol–water partition coefficient (Wildman–Crippen LogP) is 7.43. The van der Waals surface area contributed by atoms with Crippen molar-refractivity contribution >= 4 is 35.1 Å². The van der Waals surface area contributed by atoms with Crippen LogP contribution in [0.25, 0.3) is 0 Å². The Morgan fingerprint density at radius 3 is 2.35 bits per heavy atom. The van der Waals surface area contributed by atoms with Crippen molar-refractivity contribution < 1.29 is 23.9 Å². The van der Waals surface area contributed by atoms with Crippen molar-refractivity contribution in [2.24, 2.45) is 22.2 Å². The Hall–Kier alpha value is -3.26. The fourth-order valence-electron chi connectivity index (χ4n) is 6.25. The first-order chi connectivity index (χ1) is 20.2. The van der Waals surface area contributed by atoms with E-state index in [1.807, 2.05) is 17.0 Å². The van der Waals surface area contributed by atoms with Gasteiger partial charge in [-0.2, -0.15) is 0 Å². The maximum atomic E-state index is 14.4. The van der Waals surface area contributed by atoms with Crippen LogP contribution in [-0.4, -0.2) is 45.7 Å². The second-order valence-electron chi connectivity index (χ2n) is 13.5. The third-order valence-corrected chi connectivity index (χ3v) is 9.11. The molecule has 0 bridgehead atoms. The number of hydrogen-bond acceptors (Lipinski definition) is 4. The lowest BCUT2D eigenvalue weighted by atomic mass is 9.75. The van der Waals surface area contributed by atoms with Gasteiger partial charge in [0.05, 0.1) is 17.5 Å². The van der Waals surface area contributed by atoms with Gasteiger partial charge in [-0.1, -0.05) is 58.4 Å². The predicted molar refractivity (Wildman–Crippen MR) is 167 cm³/mol. The number of carbonyl (C=O) groups excluding carboxylic acids is 2. The molecule has 4 rings (SSSR count). The van der Waals surface area contributed by atoms with Crippen LogP contribution in [0.1, 0.15) is 107 Å². The molecular weight excluding hydrogens is 569 g/mol. The fourth-order valence-corrected chi connectivity index (χ4v) is 6.43. The third kappa shape index (κ3) is 7.64. The summed E-state index contributed by atoms with van der Waals surface area (Å²) in [5.41, 5.74) is 1.42. The number of benzene rings is 2. The SMILES string of the molecule is CC(C)C1CCC2(CC1)N=C(c1ccc(F)c(Cl)c1)C(=O)N2[C@H](CCC(C)(C)C)c1ccc(C(=O)NCCC(=O)O)cc1. The highest BCUT2D eigenvalue weighted by Gasteiger charge is 2.52. The molecule has 0 saturated heterocycles. The molecule has 1 aliphatic heterocycles. The lowest BCUT2D eigenvalue weighted by Crippen LogP contribution is -2.51. The molecule has 1 atom stereocenters. The maximum Gasteiger partial charge on any atom is 0.305 e. The van der Waals surface area contributed by atoms with E-state index in [9.17, 15) is 18.8 Å². The lowest BCUT2D eigenvalue weighted by Gasteiger charge is -2.46. The quantitative estimate of drug-likeness (QED) is 0.292. The molecule has 1 saturated carbocycles. The average molecular weight is 612 g/mol. The number of halogens is 2. The normalized spacial score (nSPS) is 21.3. The Morgan fingerprint density at radius 2 is 1.79 bits per heavy atom. The van der Waals surface area contributed by atoms with Gasteiger partial charge in [-0.3, -0.25) is 19.4 Å². The number of rotatable bonds is 10. The van der Waals surface area contributed by atoms with Gasteiger partial charge in [0.25, 0.3) is 11.8 Å². The van der Waals surface area contributed by atoms with Crippen molar-refractivity contribution in [1.29, 1.82) is 0 Å². The zero-order valence-electron chi connectivity index (χ0n) is 25.8. The molecule has 2 aliphatic rings. The van der Waals surface area contributed by atoms with E-state index in [0.717, 1.165) is 37.7 Å². The minimum atomic E-state index is -0.978. The molecule has 2 N–H and O–H groups in total. The summed E-state index contributed by atoms with van der Waals surface area (Å²) < 4.78 is 14.1. The zero-order valence-corrected chi connectivity index (χ0v) is 26.5. The number of amides is 2. The monoisotopic (exact) mass is 611 g/mol. The topological polar surface area (TPSA) is 99.1 Å². The van der Waals surface area contributed by atoms with Crippen LogP contribution in [0.15, 0.2) is 47.5 Å². The summed E-state index contributed by atoms with van der Waals surface area (Å²) in [6, 6.07) is 11.2. The number of carbonyl (C=O) groups is 3. The van der Waals surface area contributed by atoms with Crippen molar-refractivity contribution in [2.75, 3.05) is 6.54 Å². The van der Waals surface area contributed by atoms with Gasteiger partial charge in [0.1, 0.15) is 17.2 Å². The minimum Gasteiger partial charge on any atom is -0.481 e. The van der Waals surface area contributed by atoms with Crippen LogP contribution in [0.2, 0.25) is 5.02 Å². The minimum absolute atomic E-state index is 0.0155. The summed E-state index contributed by atoms with van der Waals surface area (Å²) in [5.74, 6) is -0.982. The van der Waals surface area contributed by atoms with Crippen LogP contribution in [0.5, 0.6) is 0 Å². The van der Waals surface area contributed by atoms with E-state index >= 15 is 0 Å². The Labute approximate surface area is 258 Å². The van der Waals surface area contributed by atoms with Crippen LogP contribution >= 0.6 is 11.6 Å². The van der Waals surface area contributed by atoms with Crippen LogP contribution < -0.4 is 5.32 Å². The Morgan fingerprint density at radius 1 is 1.14 bits per heavy atom. The molecule has 0 aromatic heterocycles. The molecule has 2 aromatic rings. The summed E-state index contributed by atoms with van der Waals surface area (Å²) in [4.78, 5) is 45.0. The Balaban J connectivity index is 1.73. The van der Waals surface area contributed by atoms with Gasteiger partial charge in [-0.15, -0.1) is 0 Å². The number of nitrogens with one attached hydrogen (secondary N) is 1. The number of nitrogens with zero attached hydrogens (tertiary/aromatic N) is 2. The number of carboxylic acid groups (broad SMARTS) is 1. The summed E-state index contributed by atoms with van der Waals surface area (Å²) in [7, 11) is 0. The standard InChI is InChI=1S/C34H43ClFN3O4/c1-21(2)22-12-17-34(18-13-22)38-30(25-10-11-27(36)26(35)20-25)32(43)39(34)28(14-16-33(3,4)5)23-6-8-24(9-7-23)31(42)37-19-15-29(40)41/h6-11,20-22,28H,12-19H2,1-5H3,(H,37,42)(H,40,41)/t22?,28-,34?/m1/s1. The highest BCUT2D eigenvalue weighted by Crippen LogP contribution is 2.48.